The summed E-state index contributed by atoms with van der Waals surface area (Å²) in [6, 6.07) is -0.448. The molecule has 0 bridgehead atoms. The summed E-state index contributed by atoms with van der Waals surface area (Å²) in [6.07, 6.45) is 1.63. The van der Waals surface area contributed by atoms with Crippen LogP contribution >= 0.6 is 0 Å². The molecular formula is C16H29N3O4S. The molecule has 2 amide bonds. The van der Waals surface area contributed by atoms with E-state index in [2.05, 4.69) is 0 Å². The summed E-state index contributed by atoms with van der Waals surface area (Å²) < 4.78 is 23.3. The Morgan fingerprint density at radius 2 is 1.62 bits per heavy atom. The van der Waals surface area contributed by atoms with Gasteiger partial charge in [-0.2, -0.15) is 0 Å². The number of sulfone groups is 1. The third-order valence-corrected chi connectivity index (χ3v) is 6.95. The molecule has 0 radical (unpaired) electrons. The van der Waals surface area contributed by atoms with Gasteiger partial charge < -0.3 is 15.5 Å². The maximum absolute atomic E-state index is 12.9. The summed E-state index contributed by atoms with van der Waals surface area (Å²) in [7, 11) is -1.60. The van der Waals surface area contributed by atoms with Crippen LogP contribution in [0.4, 0.5) is 0 Å². The predicted octanol–water partition coefficient (Wildman–Crippen LogP) is 0.139. The number of likely N-dealkylation sites (N-methyl/N-ethyl adjacent to an activating group) is 1. The first kappa shape index (κ1) is 19.2. The summed E-state index contributed by atoms with van der Waals surface area (Å²) in [6.45, 7) is 7.66. The summed E-state index contributed by atoms with van der Waals surface area (Å²) >= 11 is 0. The number of nitrogens with zero attached hydrogens (tertiary/aromatic N) is 2. The van der Waals surface area contributed by atoms with Gasteiger partial charge in [-0.05, 0) is 47.0 Å². The van der Waals surface area contributed by atoms with Gasteiger partial charge in [0.25, 0.3) is 0 Å². The highest BCUT2D eigenvalue weighted by Crippen LogP contribution is 2.38. The Kier molecular flexibility index (Phi) is 4.78. The van der Waals surface area contributed by atoms with E-state index in [1.54, 1.807) is 4.90 Å². The molecule has 1 atom stereocenters. The number of hydrogen-bond acceptors (Lipinski definition) is 5. The number of nitrogens with two attached hydrogens (primary N) is 1. The second kappa shape index (κ2) is 5.98. The zero-order valence-electron chi connectivity index (χ0n) is 15.2. The molecule has 8 heteroatoms. The standard InChI is InChI=1S/C16H29N3O4S/c1-15(2)8-11(17)9-16(3,4)19(15)14(21)13(20)18(5)12-6-7-24(22,23)10-12/h11-12H,6-10,17H2,1-5H3. The fourth-order valence-corrected chi connectivity index (χ4v) is 6.17. The summed E-state index contributed by atoms with van der Waals surface area (Å²) in [5.41, 5.74) is 5.05. The number of rotatable bonds is 1. The molecule has 0 aromatic carbocycles. The molecule has 24 heavy (non-hydrogen) atoms. The van der Waals surface area contributed by atoms with Crippen molar-refractivity contribution < 1.29 is 18.0 Å². The van der Waals surface area contributed by atoms with Crippen LogP contribution in [0.5, 0.6) is 0 Å². The second-order valence-corrected chi connectivity index (χ2v) is 10.6. The van der Waals surface area contributed by atoms with E-state index in [9.17, 15) is 18.0 Å². The van der Waals surface area contributed by atoms with Gasteiger partial charge in [0.05, 0.1) is 11.5 Å². The molecule has 0 spiro atoms. The summed E-state index contributed by atoms with van der Waals surface area (Å²) in [4.78, 5) is 28.6. The molecular weight excluding hydrogens is 330 g/mol. The Morgan fingerprint density at radius 3 is 2.04 bits per heavy atom. The molecule has 0 aromatic rings. The minimum Gasteiger partial charge on any atom is -0.333 e. The van der Waals surface area contributed by atoms with Crippen LogP contribution in [0.15, 0.2) is 0 Å². The summed E-state index contributed by atoms with van der Waals surface area (Å²) in [5, 5.41) is 0. The van der Waals surface area contributed by atoms with Crippen molar-refractivity contribution in [3.8, 4) is 0 Å². The maximum atomic E-state index is 12.9. The third-order valence-electron chi connectivity index (χ3n) is 5.20. The van der Waals surface area contributed by atoms with E-state index in [1.807, 2.05) is 27.7 Å². The first-order chi connectivity index (χ1) is 10.8. The molecule has 1 unspecified atom stereocenters. The van der Waals surface area contributed by atoms with Crippen LogP contribution in [0, 0.1) is 0 Å². The minimum atomic E-state index is -3.11. The first-order valence-corrected chi connectivity index (χ1v) is 10.2. The number of carbonyl (C=O) groups excluding carboxylic acids is 2. The molecule has 2 saturated heterocycles. The number of piperidine rings is 1. The normalized spacial score (nSPS) is 28.6. The molecule has 2 rings (SSSR count). The van der Waals surface area contributed by atoms with E-state index in [-0.39, 0.29) is 17.5 Å². The van der Waals surface area contributed by atoms with E-state index >= 15 is 0 Å². The summed E-state index contributed by atoms with van der Waals surface area (Å²) in [5.74, 6) is -1.23. The van der Waals surface area contributed by atoms with Gasteiger partial charge in [-0.3, -0.25) is 9.59 Å². The fourth-order valence-electron chi connectivity index (χ4n) is 4.40. The lowest BCUT2D eigenvalue weighted by atomic mass is 9.77. The molecule has 2 heterocycles. The Balaban J connectivity index is 2.21. The van der Waals surface area contributed by atoms with Gasteiger partial charge >= 0.3 is 11.8 Å². The Labute approximate surface area is 144 Å². The van der Waals surface area contributed by atoms with Crippen LogP contribution in [-0.4, -0.2) is 71.7 Å². The van der Waals surface area contributed by atoms with Crippen LogP contribution in [0.1, 0.15) is 47.0 Å². The second-order valence-electron chi connectivity index (χ2n) is 8.41. The van der Waals surface area contributed by atoms with Gasteiger partial charge in [0.1, 0.15) is 0 Å². The largest absolute Gasteiger partial charge is 0.333 e. The molecule has 2 aliphatic heterocycles. The van der Waals surface area contributed by atoms with Crippen molar-refractivity contribution in [1.82, 2.24) is 9.80 Å². The van der Waals surface area contributed by atoms with Crippen molar-refractivity contribution in [2.24, 2.45) is 5.73 Å². The van der Waals surface area contributed by atoms with E-state index < -0.39 is 38.8 Å². The molecule has 2 aliphatic rings. The van der Waals surface area contributed by atoms with Crippen molar-refractivity contribution in [1.29, 1.82) is 0 Å². The van der Waals surface area contributed by atoms with E-state index in [4.69, 9.17) is 5.73 Å². The van der Waals surface area contributed by atoms with Gasteiger partial charge in [-0.1, -0.05) is 0 Å². The average molecular weight is 359 g/mol. The van der Waals surface area contributed by atoms with Crippen LogP contribution in [-0.2, 0) is 19.4 Å². The van der Waals surface area contributed by atoms with E-state index in [0.717, 1.165) is 0 Å². The highest BCUT2D eigenvalue weighted by molar-refractivity contribution is 7.91. The molecule has 2 fully saturated rings. The number of carbonyl (C=O) groups is 2. The maximum Gasteiger partial charge on any atom is 0.312 e. The quantitative estimate of drug-likeness (QED) is 0.671. The van der Waals surface area contributed by atoms with Crippen molar-refractivity contribution in [2.75, 3.05) is 18.6 Å². The Bertz CT molecular complexity index is 624. The molecule has 0 aliphatic carbocycles. The van der Waals surface area contributed by atoms with Crippen molar-refractivity contribution in [2.45, 2.75) is 70.1 Å². The zero-order valence-corrected chi connectivity index (χ0v) is 16.0. The number of likely N-dealkylation sites (tertiary alicyclic amines) is 1. The zero-order chi connectivity index (χ0) is 18.5. The van der Waals surface area contributed by atoms with Crippen LogP contribution in [0.25, 0.3) is 0 Å². The van der Waals surface area contributed by atoms with Gasteiger partial charge in [-0.25, -0.2) is 8.42 Å². The highest BCUT2D eigenvalue weighted by Gasteiger charge is 2.49. The smallest absolute Gasteiger partial charge is 0.312 e. The lowest BCUT2D eigenvalue weighted by Gasteiger charge is -2.54. The van der Waals surface area contributed by atoms with Crippen LogP contribution in [0.3, 0.4) is 0 Å². The Morgan fingerprint density at radius 1 is 1.12 bits per heavy atom. The lowest BCUT2D eigenvalue weighted by molar-refractivity contribution is -0.163. The van der Waals surface area contributed by atoms with Gasteiger partial charge in [0.2, 0.25) is 0 Å². The highest BCUT2D eigenvalue weighted by atomic mass is 32.2. The number of hydrogen-bond donors (Lipinski definition) is 1. The minimum absolute atomic E-state index is 0.0214. The van der Waals surface area contributed by atoms with Crippen LogP contribution in [0.2, 0.25) is 0 Å². The van der Waals surface area contributed by atoms with Gasteiger partial charge in [0, 0.05) is 30.2 Å². The molecule has 2 N–H and O–H groups in total. The van der Waals surface area contributed by atoms with Crippen molar-refractivity contribution in [3.05, 3.63) is 0 Å². The average Bonchev–Trinajstić information content (AvgIpc) is 2.73. The lowest BCUT2D eigenvalue weighted by Crippen LogP contribution is -2.67. The molecule has 0 saturated carbocycles. The molecule has 0 aromatic heterocycles. The number of amides is 2. The van der Waals surface area contributed by atoms with Crippen molar-refractivity contribution >= 4 is 21.7 Å². The van der Waals surface area contributed by atoms with Gasteiger partial charge in [-0.15, -0.1) is 0 Å². The predicted molar refractivity (Wildman–Crippen MR) is 92.0 cm³/mol. The van der Waals surface area contributed by atoms with E-state index in [0.29, 0.717) is 19.3 Å². The van der Waals surface area contributed by atoms with E-state index in [1.165, 1.54) is 11.9 Å². The molecule has 7 nitrogen and oxygen atoms in total. The topological polar surface area (TPSA) is 101 Å². The SMILES string of the molecule is CN(C(=O)C(=O)N1C(C)(C)CC(N)CC1(C)C)C1CCS(=O)(=O)C1. The van der Waals surface area contributed by atoms with Crippen LogP contribution < -0.4 is 5.73 Å². The molecule has 138 valence electrons. The first-order valence-electron chi connectivity index (χ1n) is 8.34. The third kappa shape index (κ3) is 3.59. The fraction of sp³-hybridized carbons (Fsp3) is 0.875. The van der Waals surface area contributed by atoms with Gasteiger partial charge in [0.15, 0.2) is 9.84 Å². The monoisotopic (exact) mass is 359 g/mol. The Hall–Kier alpha value is -1.15. The van der Waals surface area contributed by atoms with Crippen molar-refractivity contribution in [3.63, 3.8) is 0 Å².